The molecule has 0 radical (unpaired) electrons. The van der Waals surface area contributed by atoms with Crippen molar-refractivity contribution >= 4 is 10.1 Å². The van der Waals surface area contributed by atoms with E-state index in [4.69, 9.17) is 14.0 Å². The molecule has 170 valence electrons. The second-order valence-electron chi connectivity index (χ2n) is 7.31. The highest BCUT2D eigenvalue weighted by Crippen LogP contribution is 2.15. The van der Waals surface area contributed by atoms with Crippen molar-refractivity contribution in [2.75, 3.05) is 19.5 Å². The summed E-state index contributed by atoms with van der Waals surface area (Å²) in [7, 11) is -3.40. The van der Waals surface area contributed by atoms with E-state index in [1.807, 2.05) is 24.3 Å². The molecule has 1 aromatic carbocycles. The van der Waals surface area contributed by atoms with Crippen LogP contribution in [0.1, 0.15) is 90.0 Å². The van der Waals surface area contributed by atoms with Crippen molar-refractivity contribution in [3.8, 4) is 5.75 Å². The second-order valence-corrected chi connectivity index (χ2v) is 8.95. The van der Waals surface area contributed by atoms with Gasteiger partial charge in [0.1, 0.15) is 5.75 Å². The summed E-state index contributed by atoms with van der Waals surface area (Å²) in [5.41, 5.74) is 0.817. The van der Waals surface area contributed by atoms with Crippen LogP contribution in [0.5, 0.6) is 5.75 Å². The lowest BCUT2D eigenvalue weighted by molar-refractivity contribution is 0.302. The summed E-state index contributed by atoms with van der Waals surface area (Å²) >= 11 is 0. The third-order valence-corrected chi connectivity index (χ3v) is 4.93. The Balaban J connectivity index is 0.00000245. The summed E-state index contributed by atoms with van der Waals surface area (Å²) in [6, 6.07) is 7.39. The molecule has 0 aliphatic heterocycles. The van der Waals surface area contributed by atoms with Gasteiger partial charge in [0.2, 0.25) is 0 Å². The van der Waals surface area contributed by atoms with Crippen LogP contribution < -0.4 is 4.74 Å². The van der Waals surface area contributed by atoms with Crippen LogP contribution in [0.2, 0.25) is 0 Å². The predicted molar refractivity (Wildman–Crippen MR) is 121 cm³/mol. The second kappa shape index (κ2) is 18.9. The van der Waals surface area contributed by atoms with E-state index >= 15 is 0 Å². The number of unbranched alkanes of at least 4 members (excludes halogenated alkanes) is 10. The van der Waals surface area contributed by atoms with Crippen LogP contribution in [-0.2, 0) is 20.9 Å². The molecule has 0 bridgehead atoms. The molecule has 0 amide bonds. The van der Waals surface area contributed by atoms with Crippen LogP contribution >= 0.6 is 0 Å². The summed E-state index contributed by atoms with van der Waals surface area (Å²) in [4.78, 5) is 0. The Hall–Kier alpha value is -1.11. The number of ether oxygens (including phenoxy) is 1. The van der Waals surface area contributed by atoms with Gasteiger partial charge < -0.3 is 9.84 Å². The number of aliphatic hydroxyl groups excluding tert-OH is 1. The maximum absolute atomic E-state index is 11.0. The first-order valence-electron chi connectivity index (χ1n) is 11.1. The lowest BCUT2D eigenvalue weighted by atomic mass is 10.1. The van der Waals surface area contributed by atoms with Crippen molar-refractivity contribution in [3.63, 3.8) is 0 Å². The molecule has 1 N–H and O–H groups in total. The highest BCUT2D eigenvalue weighted by molar-refractivity contribution is 7.85. The summed E-state index contributed by atoms with van der Waals surface area (Å²) in [5, 5.41) is 7.57. The number of benzene rings is 1. The van der Waals surface area contributed by atoms with Gasteiger partial charge in [0, 0.05) is 6.61 Å². The fourth-order valence-electron chi connectivity index (χ4n) is 2.81. The van der Waals surface area contributed by atoms with Gasteiger partial charge in [-0.1, -0.05) is 83.3 Å². The van der Waals surface area contributed by atoms with E-state index in [2.05, 4.69) is 6.92 Å². The normalized spacial score (nSPS) is 11.0. The lowest BCUT2D eigenvalue weighted by Crippen LogP contribution is -2.02. The topological polar surface area (TPSA) is 72.8 Å². The van der Waals surface area contributed by atoms with Gasteiger partial charge in [0.15, 0.2) is 0 Å². The van der Waals surface area contributed by atoms with Crippen molar-refractivity contribution in [2.24, 2.45) is 0 Å². The van der Waals surface area contributed by atoms with Gasteiger partial charge >= 0.3 is 0 Å². The molecule has 29 heavy (non-hydrogen) atoms. The number of hydrogen-bond acceptors (Lipinski definition) is 5. The van der Waals surface area contributed by atoms with Crippen molar-refractivity contribution in [1.82, 2.24) is 0 Å². The van der Waals surface area contributed by atoms with Gasteiger partial charge in [0.05, 0.1) is 19.5 Å². The molecule has 0 atom stereocenters. The van der Waals surface area contributed by atoms with Crippen LogP contribution in [0.25, 0.3) is 0 Å². The Kier molecular flexibility index (Phi) is 18.2. The van der Waals surface area contributed by atoms with Gasteiger partial charge in [-0.15, -0.1) is 0 Å². The van der Waals surface area contributed by atoms with Crippen LogP contribution in [0.3, 0.4) is 0 Å². The number of rotatable bonds is 16. The van der Waals surface area contributed by atoms with E-state index in [0.717, 1.165) is 30.6 Å². The predicted octanol–water partition coefficient (Wildman–Crippen LogP) is 5.85. The summed E-state index contributed by atoms with van der Waals surface area (Å²) in [6.45, 7) is 4.99. The molecule has 1 rings (SSSR count). The fourth-order valence-corrected chi connectivity index (χ4v) is 3.16. The Morgan fingerprint density at radius 1 is 0.793 bits per heavy atom. The highest BCUT2D eigenvalue weighted by atomic mass is 32.2. The molecule has 0 saturated carbocycles. The van der Waals surface area contributed by atoms with Gasteiger partial charge in [-0.2, -0.15) is 8.42 Å². The van der Waals surface area contributed by atoms with E-state index in [-0.39, 0.29) is 13.2 Å². The molecule has 6 heteroatoms. The van der Waals surface area contributed by atoms with Crippen LogP contribution in [0.15, 0.2) is 24.3 Å². The first-order chi connectivity index (χ1) is 13.9. The van der Waals surface area contributed by atoms with E-state index < -0.39 is 10.1 Å². The molecule has 1 aromatic rings. The summed E-state index contributed by atoms with van der Waals surface area (Å²) in [6.07, 6.45) is 15.6. The minimum Gasteiger partial charge on any atom is -0.494 e. The molecule has 0 heterocycles. The first kappa shape index (κ1) is 27.9. The molecule has 0 unspecified atom stereocenters. The van der Waals surface area contributed by atoms with E-state index in [1.165, 1.54) is 64.2 Å². The third kappa shape index (κ3) is 20.0. The Morgan fingerprint density at radius 2 is 1.24 bits per heavy atom. The Bertz CT molecular complexity index is 569. The molecular weight excluding hydrogens is 388 g/mol. The van der Waals surface area contributed by atoms with Gasteiger partial charge in [0.25, 0.3) is 10.1 Å². The average molecular weight is 431 g/mol. The fraction of sp³-hybridized carbons (Fsp3) is 0.739. The first-order valence-corrected chi connectivity index (χ1v) is 12.9. The van der Waals surface area contributed by atoms with Crippen molar-refractivity contribution in [1.29, 1.82) is 0 Å². The quantitative estimate of drug-likeness (QED) is 0.263. The number of aliphatic hydroxyl groups is 1. The summed E-state index contributed by atoms with van der Waals surface area (Å²) in [5.74, 6) is 0.820. The molecular formula is C23H42O5S. The van der Waals surface area contributed by atoms with Gasteiger partial charge in [-0.25, -0.2) is 0 Å². The molecule has 0 fully saturated rings. The highest BCUT2D eigenvalue weighted by Gasteiger charge is 2.03. The maximum Gasteiger partial charge on any atom is 0.264 e. The molecule has 0 saturated heterocycles. The van der Waals surface area contributed by atoms with Crippen LogP contribution in [-0.4, -0.2) is 33.0 Å². The van der Waals surface area contributed by atoms with Gasteiger partial charge in [-0.3, -0.25) is 4.18 Å². The monoisotopic (exact) mass is 430 g/mol. The number of hydrogen-bond donors (Lipinski definition) is 1. The average Bonchev–Trinajstić information content (AvgIpc) is 2.68. The SMILES string of the molecule is CCCCCCCCCCCCCOc1ccc(COS(C)(=O)=O)cc1.CCO. The van der Waals surface area contributed by atoms with Crippen molar-refractivity contribution in [2.45, 2.75) is 91.1 Å². The minimum atomic E-state index is -3.40. The van der Waals surface area contributed by atoms with Crippen molar-refractivity contribution < 1.29 is 22.4 Å². The van der Waals surface area contributed by atoms with Crippen molar-refractivity contribution in [3.05, 3.63) is 29.8 Å². The van der Waals surface area contributed by atoms with E-state index in [9.17, 15) is 8.42 Å². The lowest BCUT2D eigenvalue weighted by Gasteiger charge is -2.07. The van der Waals surface area contributed by atoms with E-state index in [0.29, 0.717) is 0 Å². The van der Waals surface area contributed by atoms with Crippen LogP contribution in [0.4, 0.5) is 0 Å². The summed E-state index contributed by atoms with van der Waals surface area (Å²) < 4.78 is 32.4. The minimum absolute atomic E-state index is 0.0672. The zero-order valence-corrected chi connectivity index (χ0v) is 19.5. The molecule has 0 spiro atoms. The van der Waals surface area contributed by atoms with E-state index in [1.54, 1.807) is 6.92 Å². The Labute approximate surface area is 178 Å². The molecule has 0 aromatic heterocycles. The Morgan fingerprint density at radius 3 is 1.69 bits per heavy atom. The van der Waals surface area contributed by atoms with Gasteiger partial charge in [-0.05, 0) is 31.0 Å². The molecule has 0 aliphatic rings. The van der Waals surface area contributed by atoms with Crippen LogP contribution in [0, 0.1) is 0 Å². The third-order valence-electron chi connectivity index (χ3n) is 4.38. The smallest absolute Gasteiger partial charge is 0.264 e. The zero-order valence-electron chi connectivity index (χ0n) is 18.7. The largest absolute Gasteiger partial charge is 0.494 e. The molecule has 0 aliphatic carbocycles. The molecule has 5 nitrogen and oxygen atoms in total. The zero-order chi connectivity index (χ0) is 21.8. The standard InChI is InChI=1S/C21H36O4S.C2H6O/c1-3-4-5-6-7-8-9-10-11-12-13-18-24-21-16-14-20(15-17-21)19-25-26(2,22)23;1-2-3/h14-17H,3-13,18-19H2,1-2H3;3H,2H2,1H3. The maximum atomic E-state index is 11.0.